The number of rotatable bonds is 3. The van der Waals surface area contributed by atoms with E-state index in [1.54, 1.807) is 9.58 Å². The van der Waals surface area contributed by atoms with Crippen molar-refractivity contribution in [1.29, 1.82) is 0 Å². The van der Waals surface area contributed by atoms with Gasteiger partial charge in [-0.1, -0.05) is 0 Å². The molecule has 1 saturated heterocycles. The predicted molar refractivity (Wildman–Crippen MR) is 97.3 cm³/mol. The zero-order valence-electron chi connectivity index (χ0n) is 15.2. The third-order valence-electron chi connectivity index (χ3n) is 4.33. The molecule has 0 aliphatic carbocycles. The number of nitrogens with one attached hydrogen (secondary N) is 1. The summed E-state index contributed by atoms with van der Waals surface area (Å²) in [5.41, 5.74) is 2.38. The first-order chi connectivity index (χ1) is 11.6. The number of likely N-dealkylation sites (tertiary alicyclic amines) is 1. The quantitative estimate of drug-likeness (QED) is 0.910. The molecule has 25 heavy (non-hydrogen) atoms. The van der Waals surface area contributed by atoms with Gasteiger partial charge >= 0.3 is 0 Å². The van der Waals surface area contributed by atoms with Gasteiger partial charge in [0.2, 0.25) is 11.8 Å². The smallest absolute Gasteiger partial charge is 0.231 e. The second kappa shape index (κ2) is 6.25. The molecule has 3 heterocycles. The molecule has 2 amide bonds. The Morgan fingerprint density at radius 1 is 1.40 bits per heavy atom. The van der Waals surface area contributed by atoms with Crippen molar-refractivity contribution in [3.8, 4) is 11.3 Å². The van der Waals surface area contributed by atoms with Crippen molar-refractivity contribution in [2.45, 2.75) is 39.7 Å². The van der Waals surface area contributed by atoms with Gasteiger partial charge in [-0.3, -0.25) is 14.3 Å². The highest BCUT2D eigenvalue weighted by molar-refractivity contribution is 7.14. The van der Waals surface area contributed by atoms with Crippen LogP contribution in [0.2, 0.25) is 0 Å². The summed E-state index contributed by atoms with van der Waals surface area (Å²) < 4.78 is 1.74. The number of hydrogen-bond donors (Lipinski definition) is 1. The molecule has 134 valence electrons. The van der Waals surface area contributed by atoms with Gasteiger partial charge in [0.15, 0.2) is 5.13 Å². The zero-order chi connectivity index (χ0) is 18.4. The summed E-state index contributed by atoms with van der Waals surface area (Å²) in [6, 6.07) is 0. The highest BCUT2D eigenvalue weighted by atomic mass is 32.1. The third kappa shape index (κ3) is 3.58. The topological polar surface area (TPSA) is 80.1 Å². The van der Waals surface area contributed by atoms with Gasteiger partial charge in [0.05, 0.1) is 17.3 Å². The third-order valence-corrected chi connectivity index (χ3v) is 5.09. The van der Waals surface area contributed by atoms with Gasteiger partial charge in [-0.15, -0.1) is 11.3 Å². The molecule has 0 bridgehead atoms. The molecule has 1 aliphatic rings. The maximum Gasteiger partial charge on any atom is 0.231 e. The molecular weight excluding hydrogens is 338 g/mol. The van der Waals surface area contributed by atoms with Crippen molar-refractivity contribution in [1.82, 2.24) is 19.7 Å². The number of aromatic nitrogens is 3. The molecule has 2 aromatic rings. The van der Waals surface area contributed by atoms with Gasteiger partial charge in [-0.25, -0.2) is 4.98 Å². The Hall–Kier alpha value is -2.22. The van der Waals surface area contributed by atoms with Crippen LogP contribution in [0.15, 0.2) is 11.6 Å². The largest absolute Gasteiger partial charge is 0.337 e. The zero-order valence-corrected chi connectivity index (χ0v) is 16.0. The summed E-state index contributed by atoms with van der Waals surface area (Å²) in [5.74, 6) is -0.457. The minimum Gasteiger partial charge on any atom is -0.337 e. The SMILES string of the molecule is Cc1nn(C)cc1-c1csc(NC(=O)C2CC(=O)N(C(C)(C)C)C2)n1. The normalized spacial score (nSPS) is 18.0. The van der Waals surface area contributed by atoms with Crippen molar-refractivity contribution >= 4 is 28.3 Å². The van der Waals surface area contributed by atoms with Gasteiger partial charge in [-0.2, -0.15) is 5.10 Å². The van der Waals surface area contributed by atoms with Crippen molar-refractivity contribution in [2.24, 2.45) is 13.0 Å². The lowest BCUT2D eigenvalue weighted by Gasteiger charge is -2.31. The lowest BCUT2D eigenvalue weighted by atomic mass is 10.1. The number of aryl methyl sites for hydroxylation is 2. The molecular formula is C17H23N5O2S. The number of anilines is 1. The Morgan fingerprint density at radius 3 is 2.68 bits per heavy atom. The Balaban J connectivity index is 1.69. The second-order valence-electron chi connectivity index (χ2n) is 7.41. The van der Waals surface area contributed by atoms with E-state index >= 15 is 0 Å². The fraction of sp³-hybridized carbons (Fsp3) is 0.529. The van der Waals surface area contributed by atoms with Crippen LogP contribution >= 0.6 is 11.3 Å². The highest BCUT2D eigenvalue weighted by Gasteiger charge is 2.39. The molecule has 1 atom stereocenters. The summed E-state index contributed by atoms with van der Waals surface area (Å²) in [6.45, 7) is 8.32. The van der Waals surface area contributed by atoms with Gasteiger partial charge in [0, 0.05) is 42.7 Å². The number of carbonyl (C=O) groups excluding carboxylic acids is 2. The summed E-state index contributed by atoms with van der Waals surface area (Å²) in [6.07, 6.45) is 2.16. The minimum atomic E-state index is -0.334. The summed E-state index contributed by atoms with van der Waals surface area (Å²) >= 11 is 1.38. The molecule has 7 nitrogen and oxygen atoms in total. The Kier molecular flexibility index (Phi) is 4.40. The van der Waals surface area contributed by atoms with E-state index in [1.165, 1.54) is 11.3 Å². The molecule has 1 fully saturated rings. The molecule has 0 aromatic carbocycles. The van der Waals surface area contributed by atoms with E-state index in [1.807, 2.05) is 46.3 Å². The molecule has 1 unspecified atom stereocenters. The average Bonchev–Trinajstić information content (AvgIpc) is 3.17. The average molecular weight is 361 g/mol. The van der Waals surface area contributed by atoms with Crippen LogP contribution in [-0.4, -0.2) is 43.6 Å². The number of thiazole rings is 1. The van der Waals surface area contributed by atoms with Crippen molar-refractivity contribution in [3.63, 3.8) is 0 Å². The molecule has 1 aliphatic heterocycles. The first-order valence-electron chi connectivity index (χ1n) is 8.22. The summed E-state index contributed by atoms with van der Waals surface area (Å²) in [4.78, 5) is 30.9. The maximum atomic E-state index is 12.5. The Bertz CT molecular complexity index is 817. The fourth-order valence-corrected chi connectivity index (χ4v) is 3.76. The molecule has 8 heteroatoms. The van der Waals surface area contributed by atoms with E-state index in [0.717, 1.165) is 17.0 Å². The van der Waals surface area contributed by atoms with Gasteiger partial charge in [0.1, 0.15) is 0 Å². The van der Waals surface area contributed by atoms with Crippen molar-refractivity contribution in [2.75, 3.05) is 11.9 Å². The van der Waals surface area contributed by atoms with E-state index in [0.29, 0.717) is 11.7 Å². The van der Waals surface area contributed by atoms with E-state index in [-0.39, 0.29) is 29.7 Å². The van der Waals surface area contributed by atoms with Crippen LogP contribution in [0.3, 0.4) is 0 Å². The van der Waals surface area contributed by atoms with Crippen LogP contribution < -0.4 is 5.32 Å². The van der Waals surface area contributed by atoms with Gasteiger partial charge < -0.3 is 10.2 Å². The molecule has 1 N–H and O–H groups in total. The Morgan fingerprint density at radius 2 is 2.12 bits per heavy atom. The summed E-state index contributed by atoms with van der Waals surface area (Å²) in [5, 5.41) is 9.62. The van der Waals surface area contributed by atoms with Crippen LogP contribution in [-0.2, 0) is 16.6 Å². The summed E-state index contributed by atoms with van der Waals surface area (Å²) in [7, 11) is 1.86. The number of hydrogen-bond acceptors (Lipinski definition) is 5. The number of nitrogens with zero attached hydrogens (tertiary/aromatic N) is 4. The fourth-order valence-electron chi connectivity index (χ4n) is 3.04. The van der Waals surface area contributed by atoms with E-state index in [2.05, 4.69) is 15.4 Å². The molecule has 0 saturated carbocycles. The van der Waals surface area contributed by atoms with E-state index in [4.69, 9.17) is 0 Å². The van der Waals surface area contributed by atoms with Crippen molar-refractivity contribution in [3.05, 3.63) is 17.3 Å². The monoisotopic (exact) mass is 361 g/mol. The van der Waals surface area contributed by atoms with Crippen LogP contribution in [0.25, 0.3) is 11.3 Å². The van der Waals surface area contributed by atoms with Crippen LogP contribution in [0.1, 0.15) is 32.9 Å². The number of carbonyl (C=O) groups is 2. The first kappa shape index (κ1) is 17.6. The van der Waals surface area contributed by atoms with Crippen LogP contribution in [0.5, 0.6) is 0 Å². The van der Waals surface area contributed by atoms with Crippen molar-refractivity contribution < 1.29 is 9.59 Å². The number of amides is 2. The molecule has 0 spiro atoms. The van der Waals surface area contributed by atoms with Crippen LogP contribution in [0.4, 0.5) is 5.13 Å². The van der Waals surface area contributed by atoms with Crippen LogP contribution in [0, 0.1) is 12.8 Å². The first-order valence-corrected chi connectivity index (χ1v) is 9.10. The standard InChI is InChI=1S/C17H23N5O2S/c1-10-12(8-21(5)20-10)13-9-25-16(18-13)19-15(24)11-6-14(23)22(7-11)17(2,3)4/h8-9,11H,6-7H2,1-5H3,(H,18,19,24). The van der Waals surface area contributed by atoms with E-state index < -0.39 is 0 Å². The van der Waals surface area contributed by atoms with Gasteiger partial charge in [-0.05, 0) is 27.7 Å². The molecule has 0 radical (unpaired) electrons. The highest BCUT2D eigenvalue weighted by Crippen LogP contribution is 2.29. The predicted octanol–water partition coefficient (Wildman–Crippen LogP) is 2.44. The Labute approximate surface area is 151 Å². The lowest BCUT2D eigenvalue weighted by molar-refractivity contribution is -0.131. The molecule has 3 rings (SSSR count). The lowest BCUT2D eigenvalue weighted by Crippen LogP contribution is -2.42. The van der Waals surface area contributed by atoms with E-state index in [9.17, 15) is 9.59 Å². The second-order valence-corrected chi connectivity index (χ2v) is 8.26. The maximum absolute atomic E-state index is 12.5. The van der Waals surface area contributed by atoms with Gasteiger partial charge in [0.25, 0.3) is 0 Å². The minimum absolute atomic E-state index is 0.0264. The molecule has 2 aromatic heterocycles.